The number of hydrogen-bond donors (Lipinski definition) is 0. The lowest BCUT2D eigenvalue weighted by Gasteiger charge is -2.32. The second-order valence-corrected chi connectivity index (χ2v) is 6.46. The highest BCUT2D eigenvalue weighted by molar-refractivity contribution is 5.91. The third-order valence-electron chi connectivity index (χ3n) is 4.74. The molecular weight excluding hydrogens is 360 g/mol. The third-order valence-corrected chi connectivity index (χ3v) is 4.74. The van der Waals surface area contributed by atoms with Gasteiger partial charge in [0.1, 0.15) is 0 Å². The van der Waals surface area contributed by atoms with E-state index < -0.39 is 5.97 Å². The Hall–Kier alpha value is -3.06. The number of methoxy groups -OCH3 is 2. The topological polar surface area (TPSA) is 68.3 Å². The average Bonchev–Trinajstić information content (AvgIpc) is 2.75. The molecule has 0 atom stereocenters. The third kappa shape index (κ3) is 4.43. The lowest BCUT2D eigenvalue weighted by molar-refractivity contribution is -0.119. The summed E-state index contributed by atoms with van der Waals surface area (Å²) in [6.45, 7) is 3.43. The lowest BCUT2D eigenvalue weighted by atomic mass is 10.1. The molecule has 3 rings (SSSR count). The molecule has 0 bridgehead atoms. The van der Waals surface area contributed by atoms with Crippen LogP contribution in [0.3, 0.4) is 0 Å². The minimum Gasteiger partial charge on any atom is -0.493 e. The molecule has 1 aliphatic rings. The van der Waals surface area contributed by atoms with Crippen molar-refractivity contribution in [1.82, 2.24) is 9.80 Å². The SMILES string of the molecule is COc1ccc(CN2CCN(C=O)CC2)c(OC(=O)c2ccccc2)c1OC. The van der Waals surface area contributed by atoms with E-state index in [2.05, 4.69) is 4.90 Å². The van der Waals surface area contributed by atoms with Crippen molar-refractivity contribution >= 4 is 12.4 Å². The van der Waals surface area contributed by atoms with Gasteiger partial charge in [-0.05, 0) is 18.2 Å². The number of rotatable bonds is 7. The first-order valence-corrected chi connectivity index (χ1v) is 9.09. The van der Waals surface area contributed by atoms with Crippen molar-refractivity contribution < 1.29 is 23.8 Å². The summed E-state index contributed by atoms with van der Waals surface area (Å²) in [4.78, 5) is 27.5. The Morgan fingerprint density at radius 2 is 1.68 bits per heavy atom. The Bertz CT molecular complexity index is 817. The summed E-state index contributed by atoms with van der Waals surface area (Å²) in [7, 11) is 3.06. The number of benzene rings is 2. The van der Waals surface area contributed by atoms with Crippen LogP contribution in [0.4, 0.5) is 0 Å². The van der Waals surface area contributed by atoms with Crippen LogP contribution < -0.4 is 14.2 Å². The Morgan fingerprint density at radius 3 is 2.29 bits per heavy atom. The van der Waals surface area contributed by atoms with Crippen molar-refractivity contribution in [2.45, 2.75) is 6.54 Å². The normalized spacial score (nSPS) is 14.4. The first kappa shape index (κ1) is 19.7. The molecule has 1 heterocycles. The van der Waals surface area contributed by atoms with Gasteiger partial charge in [0.2, 0.25) is 12.2 Å². The summed E-state index contributed by atoms with van der Waals surface area (Å²) in [5, 5.41) is 0. The second-order valence-electron chi connectivity index (χ2n) is 6.46. The minimum absolute atomic E-state index is 0.355. The second kappa shape index (κ2) is 9.23. The van der Waals surface area contributed by atoms with Crippen LogP contribution in [0.15, 0.2) is 42.5 Å². The molecule has 1 fully saturated rings. The minimum atomic E-state index is -0.459. The predicted molar refractivity (Wildman–Crippen MR) is 104 cm³/mol. The number of hydrogen-bond acceptors (Lipinski definition) is 6. The van der Waals surface area contributed by atoms with Gasteiger partial charge >= 0.3 is 5.97 Å². The molecule has 0 saturated carbocycles. The summed E-state index contributed by atoms with van der Waals surface area (Å²) in [6, 6.07) is 12.5. The highest BCUT2D eigenvalue weighted by Gasteiger charge is 2.23. The van der Waals surface area contributed by atoms with Crippen LogP contribution in [-0.4, -0.2) is 62.6 Å². The molecule has 1 saturated heterocycles. The molecule has 7 heteroatoms. The van der Waals surface area contributed by atoms with E-state index in [0.717, 1.165) is 25.1 Å². The highest BCUT2D eigenvalue weighted by atomic mass is 16.6. The predicted octanol–water partition coefficient (Wildman–Crippen LogP) is 2.20. The molecule has 0 unspecified atom stereocenters. The van der Waals surface area contributed by atoms with E-state index >= 15 is 0 Å². The van der Waals surface area contributed by atoms with Crippen LogP contribution in [0.5, 0.6) is 17.2 Å². The summed E-state index contributed by atoms with van der Waals surface area (Å²) in [5.41, 5.74) is 1.28. The molecule has 2 aromatic carbocycles. The molecular formula is C21H24N2O5. The van der Waals surface area contributed by atoms with Gasteiger partial charge in [0.05, 0.1) is 19.8 Å². The Balaban J connectivity index is 1.87. The first-order chi connectivity index (χ1) is 13.7. The van der Waals surface area contributed by atoms with E-state index in [9.17, 15) is 9.59 Å². The zero-order chi connectivity index (χ0) is 19.9. The fraction of sp³-hybridized carbons (Fsp3) is 0.333. The average molecular weight is 384 g/mol. The van der Waals surface area contributed by atoms with E-state index in [1.165, 1.54) is 7.11 Å². The summed E-state index contributed by atoms with van der Waals surface area (Å²) >= 11 is 0. The fourth-order valence-corrected chi connectivity index (χ4v) is 3.17. The number of carbonyl (C=O) groups is 2. The maximum absolute atomic E-state index is 12.6. The van der Waals surface area contributed by atoms with Gasteiger partial charge in [-0.25, -0.2) is 4.79 Å². The van der Waals surface area contributed by atoms with Gasteiger partial charge in [-0.3, -0.25) is 9.69 Å². The molecule has 0 aliphatic carbocycles. The fourth-order valence-electron chi connectivity index (χ4n) is 3.17. The zero-order valence-corrected chi connectivity index (χ0v) is 16.1. The van der Waals surface area contributed by atoms with E-state index in [-0.39, 0.29) is 0 Å². The van der Waals surface area contributed by atoms with Gasteiger partial charge in [0.25, 0.3) is 0 Å². The highest BCUT2D eigenvalue weighted by Crippen LogP contribution is 2.41. The van der Waals surface area contributed by atoms with Crippen molar-refractivity contribution in [3.8, 4) is 17.2 Å². The summed E-state index contributed by atoms with van der Waals surface area (Å²) in [5.74, 6) is 0.774. The van der Waals surface area contributed by atoms with Gasteiger partial charge in [-0.2, -0.15) is 0 Å². The maximum atomic E-state index is 12.6. The van der Waals surface area contributed by atoms with Crippen molar-refractivity contribution in [2.75, 3.05) is 40.4 Å². The quantitative estimate of drug-likeness (QED) is 0.414. The molecule has 7 nitrogen and oxygen atoms in total. The van der Waals surface area contributed by atoms with Gasteiger partial charge in [-0.1, -0.05) is 24.3 Å². The molecule has 0 spiro atoms. The van der Waals surface area contributed by atoms with Gasteiger partial charge in [0.15, 0.2) is 11.5 Å². The monoisotopic (exact) mass is 384 g/mol. The molecule has 28 heavy (non-hydrogen) atoms. The van der Waals surface area contributed by atoms with Crippen LogP contribution in [-0.2, 0) is 11.3 Å². The Kier molecular flexibility index (Phi) is 6.49. The summed E-state index contributed by atoms with van der Waals surface area (Å²) < 4.78 is 16.6. The molecule has 148 valence electrons. The van der Waals surface area contributed by atoms with Crippen LogP contribution in [0.2, 0.25) is 0 Å². The van der Waals surface area contributed by atoms with Crippen LogP contribution in [0.1, 0.15) is 15.9 Å². The number of esters is 1. The molecule has 2 aromatic rings. The number of amides is 1. The van der Waals surface area contributed by atoms with E-state index in [4.69, 9.17) is 14.2 Å². The van der Waals surface area contributed by atoms with E-state index in [1.54, 1.807) is 42.3 Å². The Morgan fingerprint density at radius 1 is 0.964 bits per heavy atom. The molecule has 0 N–H and O–H groups in total. The van der Waals surface area contributed by atoms with E-state index in [1.807, 2.05) is 12.1 Å². The smallest absolute Gasteiger partial charge is 0.343 e. The molecule has 1 amide bonds. The largest absolute Gasteiger partial charge is 0.493 e. The molecule has 0 radical (unpaired) electrons. The van der Waals surface area contributed by atoms with Crippen LogP contribution in [0, 0.1) is 0 Å². The van der Waals surface area contributed by atoms with E-state index in [0.29, 0.717) is 42.4 Å². The van der Waals surface area contributed by atoms with Crippen LogP contribution in [0.25, 0.3) is 0 Å². The van der Waals surface area contributed by atoms with Gasteiger partial charge in [-0.15, -0.1) is 0 Å². The zero-order valence-electron chi connectivity index (χ0n) is 16.1. The molecule has 0 aromatic heterocycles. The van der Waals surface area contributed by atoms with Crippen molar-refractivity contribution in [3.63, 3.8) is 0 Å². The maximum Gasteiger partial charge on any atom is 0.343 e. The summed E-state index contributed by atoms with van der Waals surface area (Å²) in [6.07, 6.45) is 0.876. The Labute approximate surface area is 164 Å². The van der Waals surface area contributed by atoms with Gasteiger partial charge < -0.3 is 19.1 Å². The van der Waals surface area contributed by atoms with Crippen molar-refractivity contribution in [2.24, 2.45) is 0 Å². The number of piperazine rings is 1. The van der Waals surface area contributed by atoms with Crippen molar-refractivity contribution in [1.29, 1.82) is 0 Å². The lowest BCUT2D eigenvalue weighted by Crippen LogP contribution is -2.45. The van der Waals surface area contributed by atoms with Crippen molar-refractivity contribution in [3.05, 3.63) is 53.6 Å². The number of ether oxygens (including phenoxy) is 3. The standard InChI is InChI=1S/C21H24N2O5/c1-26-18-9-8-17(14-22-10-12-23(15-24)13-11-22)19(20(18)27-2)28-21(25)16-6-4-3-5-7-16/h3-9,15H,10-14H2,1-2H3. The molecule has 1 aliphatic heterocycles. The van der Waals surface area contributed by atoms with Gasteiger partial charge in [0, 0.05) is 38.3 Å². The first-order valence-electron chi connectivity index (χ1n) is 9.09. The van der Waals surface area contributed by atoms with Crippen LogP contribution >= 0.6 is 0 Å². The number of carbonyl (C=O) groups excluding carboxylic acids is 2. The number of nitrogens with zero attached hydrogens (tertiary/aromatic N) is 2.